The van der Waals surface area contributed by atoms with Crippen LogP contribution in [-0.2, 0) is 19.4 Å². The van der Waals surface area contributed by atoms with E-state index in [4.69, 9.17) is 4.98 Å². The molecular weight excluding hydrogens is 340 g/mol. The molecule has 0 saturated carbocycles. The third kappa shape index (κ3) is 2.99. The third-order valence-corrected chi connectivity index (χ3v) is 6.85. The number of fused-ring (bicyclic) bond motifs is 3. The molecule has 0 radical (unpaired) electrons. The molecule has 5 rings (SSSR count). The van der Waals surface area contributed by atoms with Crippen LogP contribution >= 0.6 is 11.3 Å². The molecular formula is C21H24N4S. The van der Waals surface area contributed by atoms with Crippen LogP contribution in [0.15, 0.2) is 36.7 Å². The van der Waals surface area contributed by atoms with Crippen molar-refractivity contribution >= 4 is 27.4 Å². The van der Waals surface area contributed by atoms with Crippen LogP contribution in [0.3, 0.4) is 0 Å². The monoisotopic (exact) mass is 364 g/mol. The van der Waals surface area contributed by atoms with Crippen molar-refractivity contribution < 1.29 is 0 Å². The van der Waals surface area contributed by atoms with Gasteiger partial charge < -0.3 is 4.90 Å². The van der Waals surface area contributed by atoms with E-state index in [1.54, 1.807) is 16.8 Å². The summed E-state index contributed by atoms with van der Waals surface area (Å²) in [7, 11) is 0. The third-order valence-electron chi connectivity index (χ3n) is 5.65. The molecule has 0 atom stereocenters. The summed E-state index contributed by atoms with van der Waals surface area (Å²) in [4.78, 5) is 17.1. The normalized spacial score (nSPS) is 18.2. The smallest absolute Gasteiger partial charge is 0.141 e. The van der Waals surface area contributed by atoms with Crippen LogP contribution in [0.25, 0.3) is 10.2 Å². The van der Waals surface area contributed by atoms with E-state index in [0.717, 1.165) is 32.7 Å². The lowest BCUT2D eigenvalue weighted by Gasteiger charge is -2.35. The van der Waals surface area contributed by atoms with Crippen LogP contribution in [0.4, 0.5) is 5.82 Å². The van der Waals surface area contributed by atoms with Crippen molar-refractivity contribution in [1.82, 2.24) is 14.9 Å². The van der Waals surface area contributed by atoms with E-state index in [1.807, 2.05) is 11.3 Å². The van der Waals surface area contributed by atoms with Gasteiger partial charge in [0.15, 0.2) is 0 Å². The molecule has 2 aliphatic rings. The number of hydrogen-bond acceptors (Lipinski definition) is 5. The fourth-order valence-electron chi connectivity index (χ4n) is 4.27. The Morgan fingerprint density at radius 3 is 2.58 bits per heavy atom. The van der Waals surface area contributed by atoms with E-state index < -0.39 is 0 Å². The largest absolute Gasteiger partial charge is 0.353 e. The number of nitrogens with zero attached hydrogens (tertiary/aromatic N) is 4. The topological polar surface area (TPSA) is 32.3 Å². The summed E-state index contributed by atoms with van der Waals surface area (Å²) in [6.07, 6.45) is 6.80. The quantitative estimate of drug-likeness (QED) is 0.706. The summed E-state index contributed by atoms with van der Waals surface area (Å²) >= 11 is 1.89. The van der Waals surface area contributed by atoms with Gasteiger partial charge in [0.25, 0.3) is 0 Å². The molecule has 1 fully saturated rings. The lowest BCUT2D eigenvalue weighted by atomic mass is 9.97. The number of anilines is 1. The van der Waals surface area contributed by atoms with Crippen LogP contribution in [0.2, 0.25) is 0 Å². The predicted octanol–water partition coefficient (Wildman–Crippen LogP) is 3.89. The molecule has 2 aromatic heterocycles. The lowest BCUT2D eigenvalue weighted by molar-refractivity contribution is 0.249. The highest BCUT2D eigenvalue weighted by molar-refractivity contribution is 7.19. The van der Waals surface area contributed by atoms with Crippen molar-refractivity contribution in [2.24, 2.45) is 0 Å². The van der Waals surface area contributed by atoms with Gasteiger partial charge in [-0.1, -0.05) is 30.3 Å². The Morgan fingerprint density at radius 2 is 1.73 bits per heavy atom. The first kappa shape index (κ1) is 16.2. The standard InChI is InChI=1S/C21H24N4S/c1-2-6-16(7-3-1)14-24-10-12-25(13-11-24)20-19-17-8-4-5-9-18(17)26-21(19)23-15-22-20/h1-3,6-7,15H,4-5,8-14H2. The number of aromatic nitrogens is 2. The number of benzene rings is 1. The second-order valence-electron chi connectivity index (χ2n) is 7.34. The first-order valence-corrected chi connectivity index (χ1v) is 10.5. The van der Waals surface area contributed by atoms with Gasteiger partial charge in [-0.15, -0.1) is 11.3 Å². The molecule has 0 amide bonds. The van der Waals surface area contributed by atoms with Gasteiger partial charge in [0, 0.05) is 37.6 Å². The van der Waals surface area contributed by atoms with Crippen molar-refractivity contribution in [3.05, 3.63) is 52.7 Å². The molecule has 1 aliphatic heterocycles. The summed E-state index contributed by atoms with van der Waals surface area (Å²) in [5.74, 6) is 1.17. The van der Waals surface area contributed by atoms with Gasteiger partial charge >= 0.3 is 0 Å². The molecule has 0 N–H and O–H groups in total. The lowest BCUT2D eigenvalue weighted by Crippen LogP contribution is -2.46. The van der Waals surface area contributed by atoms with E-state index in [-0.39, 0.29) is 0 Å². The molecule has 1 aliphatic carbocycles. The average molecular weight is 365 g/mol. The number of hydrogen-bond donors (Lipinski definition) is 0. The molecule has 134 valence electrons. The van der Waals surface area contributed by atoms with Crippen LogP contribution < -0.4 is 4.90 Å². The Kier molecular flexibility index (Phi) is 4.35. The maximum Gasteiger partial charge on any atom is 0.141 e. The van der Waals surface area contributed by atoms with Crippen molar-refractivity contribution in [3.8, 4) is 0 Å². The Balaban J connectivity index is 1.36. The van der Waals surface area contributed by atoms with Crippen LogP contribution in [0, 0.1) is 0 Å². The van der Waals surface area contributed by atoms with Gasteiger partial charge in [0.2, 0.25) is 0 Å². The fraction of sp³-hybridized carbons (Fsp3) is 0.429. The zero-order valence-electron chi connectivity index (χ0n) is 15.0. The Morgan fingerprint density at radius 1 is 0.923 bits per heavy atom. The number of aryl methyl sites for hydroxylation is 2. The Hall–Kier alpha value is -1.98. The molecule has 0 unspecified atom stereocenters. The highest BCUT2D eigenvalue weighted by Crippen LogP contribution is 2.39. The number of rotatable bonds is 3. The second kappa shape index (κ2) is 6.97. The predicted molar refractivity (Wildman–Crippen MR) is 108 cm³/mol. The molecule has 5 heteroatoms. The molecule has 26 heavy (non-hydrogen) atoms. The summed E-state index contributed by atoms with van der Waals surface area (Å²) in [5.41, 5.74) is 2.94. The number of thiophene rings is 1. The zero-order valence-corrected chi connectivity index (χ0v) is 15.8. The van der Waals surface area contributed by atoms with E-state index in [9.17, 15) is 0 Å². The van der Waals surface area contributed by atoms with E-state index in [2.05, 4.69) is 45.1 Å². The van der Waals surface area contributed by atoms with Gasteiger partial charge in [-0.25, -0.2) is 9.97 Å². The maximum absolute atomic E-state index is 4.72. The summed E-state index contributed by atoms with van der Waals surface area (Å²) in [6.45, 7) is 5.31. The van der Waals surface area contributed by atoms with E-state index in [0.29, 0.717) is 0 Å². The summed E-state index contributed by atoms with van der Waals surface area (Å²) in [6, 6.07) is 10.8. The first-order chi connectivity index (χ1) is 12.9. The van der Waals surface area contributed by atoms with Crippen LogP contribution in [0.1, 0.15) is 28.8 Å². The highest BCUT2D eigenvalue weighted by atomic mass is 32.1. The second-order valence-corrected chi connectivity index (χ2v) is 8.42. The zero-order chi connectivity index (χ0) is 17.3. The van der Waals surface area contributed by atoms with Crippen LogP contribution in [0.5, 0.6) is 0 Å². The average Bonchev–Trinajstić information content (AvgIpc) is 3.08. The minimum absolute atomic E-state index is 1.04. The first-order valence-electron chi connectivity index (χ1n) is 9.65. The molecule has 1 aromatic carbocycles. The molecule has 0 spiro atoms. The van der Waals surface area contributed by atoms with Crippen molar-refractivity contribution in [1.29, 1.82) is 0 Å². The van der Waals surface area contributed by atoms with Crippen molar-refractivity contribution in [3.63, 3.8) is 0 Å². The minimum atomic E-state index is 1.04. The minimum Gasteiger partial charge on any atom is -0.353 e. The fourth-order valence-corrected chi connectivity index (χ4v) is 5.50. The van der Waals surface area contributed by atoms with Crippen molar-refractivity contribution in [2.75, 3.05) is 31.1 Å². The van der Waals surface area contributed by atoms with E-state index in [1.165, 1.54) is 47.3 Å². The molecule has 3 aromatic rings. The van der Waals surface area contributed by atoms with E-state index >= 15 is 0 Å². The number of piperazine rings is 1. The molecule has 3 heterocycles. The maximum atomic E-state index is 4.72. The Bertz CT molecular complexity index is 897. The van der Waals surface area contributed by atoms with Gasteiger partial charge in [-0.3, -0.25) is 4.90 Å². The highest BCUT2D eigenvalue weighted by Gasteiger charge is 2.24. The van der Waals surface area contributed by atoms with Crippen molar-refractivity contribution in [2.45, 2.75) is 32.2 Å². The van der Waals surface area contributed by atoms with Gasteiger partial charge in [-0.05, 0) is 36.8 Å². The van der Waals surface area contributed by atoms with Gasteiger partial charge in [0.1, 0.15) is 17.0 Å². The van der Waals surface area contributed by atoms with Gasteiger partial charge in [-0.2, -0.15) is 0 Å². The molecule has 0 bridgehead atoms. The Labute approximate surface area is 158 Å². The summed E-state index contributed by atoms with van der Waals surface area (Å²) < 4.78 is 0. The molecule has 1 saturated heterocycles. The van der Waals surface area contributed by atoms with Gasteiger partial charge in [0.05, 0.1) is 5.39 Å². The summed E-state index contributed by atoms with van der Waals surface area (Å²) in [5, 5.41) is 1.35. The SMILES string of the molecule is c1ccc(CN2CCN(c3ncnc4sc5c(c34)CCCC5)CC2)cc1. The van der Waals surface area contributed by atoms with Crippen LogP contribution in [-0.4, -0.2) is 41.0 Å². The molecule has 4 nitrogen and oxygen atoms in total.